The topological polar surface area (TPSA) is 74.6 Å². The normalized spacial score (nSPS) is 9.67. The van der Waals surface area contributed by atoms with Crippen molar-refractivity contribution in [2.45, 2.75) is 0 Å². The molecule has 0 aromatic carbocycles. The molecule has 6 heteroatoms. The van der Waals surface area contributed by atoms with Gasteiger partial charge in [0.05, 0.1) is 0 Å². The van der Waals surface area contributed by atoms with Crippen LogP contribution in [0.2, 0.25) is 0 Å². The molecule has 0 fully saturated rings. The van der Waals surface area contributed by atoms with Crippen molar-refractivity contribution >= 4 is 36.4 Å². The minimum absolute atomic E-state index is 0. The van der Waals surface area contributed by atoms with Gasteiger partial charge in [-0.3, -0.25) is 0 Å². The van der Waals surface area contributed by atoms with Crippen molar-refractivity contribution in [3.05, 3.63) is 0 Å². The van der Waals surface area contributed by atoms with Crippen LogP contribution < -0.4 is 0 Å². The standard InChI is InChI=1S/Mg.H2O4Se.2H/c;1-5(2,3)4;;/h;(H2,1,2,3,4);;. The van der Waals surface area contributed by atoms with E-state index in [9.17, 15) is 0 Å². The second-order valence-electron chi connectivity index (χ2n) is 0.448. The fraction of sp³-hybridized carbons (Fsp3) is 0. The molecule has 0 aromatic rings. The monoisotopic (exact) mass is 172 g/mol. The molecule has 36 valence electrons. The van der Waals surface area contributed by atoms with E-state index in [1.165, 1.54) is 0 Å². The predicted octanol–water partition coefficient (Wildman–Crippen LogP) is -2.65. The molecule has 0 heterocycles. The molecule has 0 aliphatic carbocycles. The van der Waals surface area contributed by atoms with Gasteiger partial charge in [0.15, 0.2) is 0 Å². The van der Waals surface area contributed by atoms with E-state index in [-0.39, 0.29) is 23.1 Å². The molecule has 0 aliphatic heterocycles. The van der Waals surface area contributed by atoms with Crippen molar-refractivity contribution in [2.75, 3.05) is 0 Å². The summed E-state index contributed by atoms with van der Waals surface area (Å²) in [5.41, 5.74) is 0. The molecule has 0 unspecified atom stereocenters. The van der Waals surface area contributed by atoms with Crippen LogP contribution in [0.1, 0.15) is 0 Å². The van der Waals surface area contributed by atoms with E-state index in [0.29, 0.717) is 0 Å². The summed E-state index contributed by atoms with van der Waals surface area (Å²) < 4.78 is 31.9. The maximum atomic E-state index is 8.82. The predicted molar refractivity (Wildman–Crippen MR) is 20.1 cm³/mol. The van der Waals surface area contributed by atoms with Crippen LogP contribution in [0, 0.1) is 0 Å². The summed E-state index contributed by atoms with van der Waals surface area (Å²) in [6.45, 7) is 0. The summed E-state index contributed by atoms with van der Waals surface area (Å²) in [7, 11) is 0. The van der Waals surface area contributed by atoms with E-state index < -0.39 is 13.4 Å². The third-order valence-electron chi connectivity index (χ3n) is 0. The second kappa shape index (κ2) is 2.89. The quantitative estimate of drug-likeness (QED) is 0.390. The third kappa shape index (κ3) is 107. The first-order valence-electron chi connectivity index (χ1n) is 0.698. The summed E-state index contributed by atoms with van der Waals surface area (Å²) >= 11 is -5.25. The summed E-state index contributed by atoms with van der Waals surface area (Å²) in [5.74, 6) is 0. The Bertz CT molecular complexity index is 90.7. The van der Waals surface area contributed by atoms with E-state index >= 15 is 0 Å². The van der Waals surface area contributed by atoms with Crippen LogP contribution in [0.5, 0.6) is 0 Å². The van der Waals surface area contributed by atoms with Gasteiger partial charge >= 0.3 is 52.5 Å². The third-order valence-corrected chi connectivity index (χ3v) is 0. The van der Waals surface area contributed by atoms with E-state index in [1.807, 2.05) is 0 Å². The molecule has 0 aliphatic rings. The Labute approximate surface area is 52.6 Å². The van der Waals surface area contributed by atoms with Gasteiger partial charge in [-0.25, -0.2) is 0 Å². The fourth-order valence-electron chi connectivity index (χ4n) is 0. The second-order valence-corrected chi connectivity index (χ2v) is 2.33. The zero-order valence-electron chi connectivity index (χ0n) is 2.12. The molecule has 6 heavy (non-hydrogen) atoms. The Morgan fingerprint density at radius 1 is 1.17 bits per heavy atom. The van der Waals surface area contributed by atoms with Crippen LogP contribution in [0.3, 0.4) is 0 Å². The molecule has 0 saturated heterocycles. The molecule has 0 atom stereocenters. The van der Waals surface area contributed by atoms with Crippen LogP contribution in [-0.4, -0.2) is 44.8 Å². The SMILES string of the molecule is O=[Se](=O)(O)O.[MgH2]. The summed E-state index contributed by atoms with van der Waals surface area (Å²) in [4.78, 5) is 0. The maximum absolute atomic E-state index is 8.82. The zero-order valence-corrected chi connectivity index (χ0v) is 3.83. The largest absolute Gasteiger partial charge is 0.316 e. The van der Waals surface area contributed by atoms with Crippen molar-refractivity contribution in [3.8, 4) is 0 Å². The molecule has 2 N–H and O–H groups in total. The number of hydrogen-bond acceptors (Lipinski definition) is 2. The van der Waals surface area contributed by atoms with E-state index in [2.05, 4.69) is 0 Å². The smallest absolute Gasteiger partial charge is 0.316 e. The molecule has 4 nitrogen and oxygen atoms in total. The van der Waals surface area contributed by atoms with E-state index in [4.69, 9.17) is 16.0 Å². The van der Waals surface area contributed by atoms with Gasteiger partial charge in [0.1, 0.15) is 0 Å². The Kier molecular flexibility index (Phi) is 4.79. The van der Waals surface area contributed by atoms with Crippen molar-refractivity contribution in [1.29, 1.82) is 0 Å². The van der Waals surface area contributed by atoms with Crippen molar-refractivity contribution in [1.82, 2.24) is 0 Å². The summed E-state index contributed by atoms with van der Waals surface area (Å²) in [5, 5.41) is 0. The summed E-state index contributed by atoms with van der Waals surface area (Å²) in [6.07, 6.45) is 0. The molecule has 0 bridgehead atoms. The van der Waals surface area contributed by atoms with Gasteiger partial charge in [-0.2, -0.15) is 0 Å². The van der Waals surface area contributed by atoms with Gasteiger partial charge in [0, 0.05) is 0 Å². The Morgan fingerprint density at radius 2 is 1.17 bits per heavy atom. The molecule has 0 saturated carbocycles. The molecule has 0 rings (SSSR count). The molecule has 0 aromatic heterocycles. The first-order chi connectivity index (χ1) is 2.00. The fourth-order valence-corrected chi connectivity index (χ4v) is 0. The van der Waals surface area contributed by atoms with Crippen LogP contribution in [-0.2, 0) is 7.67 Å². The van der Waals surface area contributed by atoms with Gasteiger partial charge < -0.3 is 0 Å². The summed E-state index contributed by atoms with van der Waals surface area (Å²) in [6, 6.07) is 0. The molecule has 0 radical (unpaired) electrons. The maximum Gasteiger partial charge on any atom is 0.316 e. The minimum Gasteiger partial charge on any atom is 0.316 e. The van der Waals surface area contributed by atoms with Gasteiger partial charge in [-0.1, -0.05) is 0 Å². The molecular weight excluding hydrogens is 167 g/mol. The van der Waals surface area contributed by atoms with Crippen molar-refractivity contribution in [2.24, 2.45) is 0 Å². The zero-order chi connectivity index (χ0) is 4.50. The average Bonchev–Trinajstić information content (AvgIpc) is 0.722. The molecule has 0 spiro atoms. The number of rotatable bonds is 0. The number of hydrogen-bond donors (Lipinski definition) is 2. The van der Waals surface area contributed by atoms with Crippen LogP contribution in [0.25, 0.3) is 0 Å². The molecular formula is H4MgO4Se. The van der Waals surface area contributed by atoms with Gasteiger partial charge in [-0.15, -0.1) is 0 Å². The minimum atomic E-state index is -5.25. The van der Waals surface area contributed by atoms with Crippen LogP contribution >= 0.6 is 0 Å². The van der Waals surface area contributed by atoms with Crippen molar-refractivity contribution in [3.63, 3.8) is 0 Å². The first kappa shape index (κ1) is 9.93. The molecule has 0 amide bonds. The van der Waals surface area contributed by atoms with E-state index in [1.54, 1.807) is 0 Å². The average molecular weight is 171 g/mol. The van der Waals surface area contributed by atoms with Gasteiger partial charge in [-0.05, 0) is 0 Å². The van der Waals surface area contributed by atoms with Crippen LogP contribution in [0.15, 0.2) is 0 Å². The first-order valence-corrected chi connectivity index (χ1v) is 3.63. The van der Waals surface area contributed by atoms with E-state index in [0.717, 1.165) is 0 Å². The van der Waals surface area contributed by atoms with Gasteiger partial charge in [0.2, 0.25) is 0 Å². The Morgan fingerprint density at radius 3 is 1.17 bits per heavy atom. The Hall–Kier alpha value is 0.806. The Balaban J connectivity index is 0. The van der Waals surface area contributed by atoms with Crippen LogP contribution in [0.4, 0.5) is 0 Å². The van der Waals surface area contributed by atoms with Crippen molar-refractivity contribution < 1.29 is 16.0 Å². The van der Waals surface area contributed by atoms with Gasteiger partial charge in [0.25, 0.3) is 0 Å².